The summed E-state index contributed by atoms with van der Waals surface area (Å²) >= 11 is 7.48. The van der Waals surface area contributed by atoms with Gasteiger partial charge in [0.05, 0.1) is 21.4 Å². The molecule has 0 saturated carbocycles. The van der Waals surface area contributed by atoms with Crippen LogP contribution in [0.4, 0.5) is 0 Å². The van der Waals surface area contributed by atoms with Gasteiger partial charge >= 0.3 is 0 Å². The highest BCUT2D eigenvalue weighted by atomic mass is 35.5. The first kappa shape index (κ1) is 12.5. The van der Waals surface area contributed by atoms with Crippen molar-refractivity contribution >= 4 is 34.0 Å². The van der Waals surface area contributed by atoms with Crippen molar-refractivity contribution in [2.75, 3.05) is 0 Å². The van der Waals surface area contributed by atoms with Crippen molar-refractivity contribution in [3.63, 3.8) is 0 Å². The summed E-state index contributed by atoms with van der Waals surface area (Å²) < 4.78 is 0.746. The summed E-state index contributed by atoms with van der Waals surface area (Å²) in [4.78, 5) is 9.62. The summed E-state index contributed by atoms with van der Waals surface area (Å²) in [6.07, 6.45) is 3.36. The summed E-state index contributed by atoms with van der Waals surface area (Å²) in [6, 6.07) is 9.67. The maximum Gasteiger partial charge on any atom is 0.0931 e. The maximum atomic E-state index is 5.97. The third-order valence-corrected chi connectivity index (χ3v) is 4.17. The van der Waals surface area contributed by atoms with Crippen molar-refractivity contribution < 1.29 is 0 Å². The van der Waals surface area contributed by atoms with Crippen LogP contribution in [0.15, 0.2) is 42.7 Å². The number of hydrogen-bond donors (Lipinski definition) is 2. The van der Waals surface area contributed by atoms with Gasteiger partial charge in [-0.1, -0.05) is 17.7 Å². The molecule has 0 fully saturated rings. The first-order valence-electron chi connectivity index (χ1n) is 5.70. The Balaban J connectivity index is 2.06. The van der Waals surface area contributed by atoms with Crippen molar-refractivity contribution in [2.24, 2.45) is 5.84 Å². The van der Waals surface area contributed by atoms with Gasteiger partial charge in [-0.05, 0) is 29.8 Å². The topological polar surface area (TPSA) is 63.8 Å². The Hall–Kier alpha value is -1.53. The fourth-order valence-corrected chi connectivity index (χ4v) is 3.14. The van der Waals surface area contributed by atoms with E-state index in [1.807, 2.05) is 30.3 Å². The minimum absolute atomic E-state index is 0.0936. The minimum atomic E-state index is -0.0936. The van der Waals surface area contributed by atoms with E-state index < -0.39 is 0 Å². The number of nitrogens with zero attached hydrogens (tertiary/aromatic N) is 2. The first-order valence-corrected chi connectivity index (χ1v) is 6.89. The van der Waals surface area contributed by atoms with Gasteiger partial charge in [0.15, 0.2) is 0 Å². The molecular weight excluding hydrogens is 280 g/mol. The zero-order chi connectivity index (χ0) is 13.2. The van der Waals surface area contributed by atoms with Gasteiger partial charge in [0.1, 0.15) is 0 Å². The van der Waals surface area contributed by atoms with Crippen LogP contribution in [0.25, 0.3) is 11.0 Å². The molecule has 19 heavy (non-hydrogen) atoms. The first-order chi connectivity index (χ1) is 9.28. The average molecular weight is 291 g/mol. The Bertz CT molecular complexity index is 712. The molecule has 3 aromatic rings. The monoisotopic (exact) mass is 290 g/mol. The van der Waals surface area contributed by atoms with Gasteiger partial charge in [-0.2, -0.15) is 0 Å². The van der Waals surface area contributed by atoms with Gasteiger partial charge in [0.2, 0.25) is 0 Å². The molecule has 3 rings (SSSR count). The van der Waals surface area contributed by atoms with Crippen LogP contribution in [-0.4, -0.2) is 9.97 Å². The summed E-state index contributed by atoms with van der Waals surface area (Å²) in [5, 5.41) is 0. The number of halogens is 1. The number of nitrogens with two attached hydrogens (primary N) is 1. The molecule has 96 valence electrons. The Morgan fingerprint density at radius 2 is 1.89 bits per heavy atom. The molecule has 6 heteroatoms. The number of hydrazine groups is 1. The maximum absolute atomic E-state index is 5.97. The molecule has 1 unspecified atom stereocenters. The number of hydrogen-bond acceptors (Lipinski definition) is 5. The molecular formula is C13H11ClN4S. The molecule has 0 saturated heterocycles. The van der Waals surface area contributed by atoms with Gasteiger partial charge in [0.25, 0.3) is 0 Å². The van der Waals surface area contributed by atoms with E-state index in [0.717, 1.165) is 25.8 Å². The van der Waals surface area contributed by atoms with Crippen LogP contribution in [0.1, 0.15) is 16.5 Å². The van der Waals surface area contributed by atoms with Crippen LogP contribution in [0.2, 0.25) is 4.34 Å². The van der Waals surface area contributed by atoms with Crippen LogP contribution in [0.5, 0.6) is 0 Å². The molecule has 0 aliphatic rings. The van der Waals surface area contributed by atoms with Gasteiger partial charge in [-0.25, -0.2) is 5.43 Å². The zero-order valence-electron chi connectivity index (χ0n) is 9.88. The van der Waals surface area contributed by atoms with E-state index in [1.54, 1.807) is 12.4 Å². The predicted molar refractivity (Wildman–Crippen MR) is 78.0 cm³/mol. The number of thiophene rings is 1. The molecule has 0 bridgehead atoms. The fraction of sp³-hybridized carbons (Fsp3) is 0.0769. The highest BCUT2D eigenvalue weighted by Crippen LogP contribution is 2.31. The van der Waals surface area contributed by atoms with Crippen molar-refractivity contribution in [1.82, 2.24) is 15.4 Å². The second-order valence-corrected chi connectivity index (χ2v) is 5.79. The molecule has 0 radical (unpaired) electrons. The third kappa shape index (κ3) is 2.46. The summed E-state index contributed by atoms with van der Waals surface area (Å²) in [5.74, 6) is 5.67. The molecule has 2 aromatic heterocycles. The van der Waals surface area contributed by atoms with E-state index in [4.69, 9.17) is 17.4 Å². The highest BCUT2D eigenvalue weighted by Gasteiger charge is 2.15. The molecule has 0 aliphatic heterocycles. The van der Waals surface area contributed by atoms with Crippen LogP contribution in [-0.2, 0) is 0 Å². The second-order valence-electron chi connectivity index (χ2n) is 4.05. The van der Waals surface area contributed by atoms with Gasteiger partial charge < -0.3 is 0 Å². The number of nitrogens with one attached hydrogen (secondary N) is 1. The Morgan fingerprint density at radius 1 is 1.11 bits per heavy atom. The molecule has 3 N–H and O–H groups in total. The van der Waals surface area contributed by atoms with Crippen LogP contribution in [0.3, 0.4) is 0 Å². The fourth-order valence-electron chi connectivity index (χ4n) is 1.99. The molecule has 0 aliphatic carbocycles. The quantitative estimate of drug-likeness (QED) is 0.575. The lowest BCUT2D eigenvalue weighted by molar-refractivity contribution is 0.647. The summed E-state index contributed by atoms with van der Waals surface area (Å²) in [6.45, 7) is 0. The van der Waals surface area contributed by atoms with Crippen molar-refractivity contribution in [3.8, 4) is 0 Å². The van der Waals surface area contributed by atoms with E-state index in [0.29, 0.717) is 0 Å². The smallest absolute Gasteiger partial charge is 0.0931 e. The van der Waals surface area contributed by atoms with Gasteiger partial charge in [-0.3, -0.25) is 15.8 Å². The lowest BCUT2D eigenvalue weighted by atomic mass is 10.1. The van der Waals surface area contributed by atoms with Crippen molar-refractivity contribution in [1.29, 1.82) is 0 Å². The predicted octanol–water partition coefficient (Wildman–Crippen LogP) is 2.90. The number of benzene rings is 1. The lowest BCUT2D eigenvalue weighted by Crippen LogP contribution is -2.28. The molecule has 4 nitrogen and oxygen atoms in total. The summed E-state index contributed by atoms with van der Waals surface area (Å²) in [5.41, 5.74) is 5.57. The average Bonchev–Trinajstić information content (AvgIpc) is 2.86. The normalized spacial score (nSPS) is 12.7. The van der Waals surface area contributed by atoms with Crippen LogP contribution in [0, 0.1) is 0 Å². The van der Waals surface area contributed by atoms with Crippen LogP contribution >= 0.6 is 22.9 Å². The van der Waals surface area contributed by atoms with Crippen LogP contribution < -0.4 is 11.3 Å². The molecule has 2 heterocycles. The Kier molecular flexibility index (Phi) is 3.44. The van der Waals surface area contributed by atoms with E-state index in [9.17, 15) is 0 Å². The highest BCUT2D eigenvalue weighted by molar-refractivity contribution is 7.16. The number of fused-ring (bicyclic) bond motifs is 1. The zero-order valence-corrected chi connectivity index (χ0v) is 11.4. The van der Waals surface area contributed by atoms with Crippen molar-refractivity contribution in [3.05, 3.63) is 57.5 Å². The standard InChI is InChI=1S/C13H11ClN4S/c14-12-4-3-11(19-12)13(18-15)8-1-2-9-10(7-8)17-6-5-16-9/h1-7,13,18H,15H2. The number of aromatic nitrogens is 2. The minimum Gasteiger partial charge on any atom is -0.271 e. The third-order valence-electron chi connectivity index (χ3n) is 2.87. The lowest BCUT2D eigenvalue weighted by Gasteiger charge is -2.14. The SMILES string of the molecule is NNC(c1ccc2nccnc2c1)c1ccc(Cl)s1. The van der Waals surface area contributed by atoms with E-state index >= 15 is 0 Å². The van der Waals surface area contributed by atoms with Gasteiger partial charge in [-0.15, -0.1) is 11.3 Å². The molecule has 0 amide bonds. The molecule has 1 aromatic carbocycles. The van der Waals surface area contributed by atoms with E-state index in [2.05, 4.69) is 15.4 Å². The van der Waals surface area contributed by atoms with E-state index in [-0.39, 0.29) is 6.04 Å². The Labute approximate surface area is 119 Å². The number of rotatable bonds is 3. The van der Waals surface area contributed by atoms with E-state index in [1.165, 1.54) is 11.3 Å². The largest absolute Gasteiger partial charge is 0.271 e. The summed E-state index contributed by atoms with van der Waals surface area (Å²) in [7, 11) is 0. The van der Waals surface area contributed by atoms with Crippen molar-refractivity contribution in [2.45, 2.75) is 6.04 Å². The second kappa shape index (κ2) is 5.22. The molecule has 1 atom stereocenters. The molecule has 0 spiro atoms. The van der Waals surface area contributed by atoms with Gasteiger partial charge in [0, 0.05) is 17.3 Å². The Morgan fingerprint density at radius 3 is 2.58 bits per heavy atom.